The second kappa shape index (κ2) is 9.25. The van der Waals surface area contributed by atoms with E-state index in [9.17, 15) is 4.79 Å². The number of carbonyl (C=O) groups is 1. The molecule has 0 radical (unpaired) electrons. The van der Waals surface area contributed by atoms with Crippen molar-refractivity contribution in [2.24, 2.45) is 0 Å². The van der Waals surface area contributed by atoms with Crippen molar-refractivity contribution in [2.45, 2.75) is 18.5 Å². The number of esters is 1. The van der Waals surface area contributed by atoms with E-state index in [4.69, 9.17) is 4.74 Å². The summed E-state index contributed by atoms with van der Waals surface area (Å²) in [6, 6.07) is 31.1. The third kappa shape index (κ3) is 4.15. The Morgan fingerprint density at radius 2 is 1.32 bits per heavy atom. The number of thiazole rings is 1. The molecule has 0 saturated carbocycles. The third-order valence-corrected chi connectivity index (χ3v) is 6.37. The van der Waals surface area contributed by atoms with Gasteiger partial charge in [0.25, 0.3) is 0 Å². The van der Waals surface area contributed by atoms with Gasteiger partial charge in [0.05, 0.1) is 18.7 Å². The molecule has 0 bridgehead atoms. The molecule has 1 aromatic heterocycles. The standard InChI is InChI=1S/C26H24N2O2S/c1-19(24-27-23(18-31-24)25(29)30-2)28-26(20-12-6-3-7-13-20,21-14-8-4-9-15-21)22-16-10-5-11-17-22/h3-19,28H,1-2H3/t19-/m0/s1. The average Bonchev–Trinajstić information content (AvgIpc) is 3.34. The minimum atomic E-state index is -0.597. The molecule has 1 heterocycles. The van der Waals surface area contributed by atoms with Gasteiger partial charge in [-0.3, -0.25) is 5.32 Å². The van der Waals surface area contributed by atoms with Gasteiger partial charge in [-0.2, -0.15) is 0 Å². The third-order valence-electron chi connectivity index (χ3n) is 5.34. The topological polar surface area (TPSA) is 51.2 Å². The maximum Gasteiger partial charge on any atom is 0.357 e. The van der Waals surface area contributed by atoms with Crippen molar-refractivity contribution in [3.8, 4) is 0 Å². The zero-order valence-corrected chi connectivity index (χ0v) is 18.3. The van der Waals surface area contributed by atoms with Gasteiger partial charge in [0.1, 0.15) is 5.01 Å². The summed E-state index contributed by atoms with van der Waals surface area (Å²) in [7, 11) is 1.37. The van der Waals surface area contributed by atoms with Crippen LogP contribution in [0.25, 0.3) is 0 Å². The summed E-state index contributed by atoms with van der Waals surface area (Å²) in [6.45, 7) is 2.07. The smallest absolute Gasteiger partial charge is 0.357 e. The molecule has 0 fully saturated rings. The Morgan fingerprint density at radius 3 is 1.74 bits per heavy atom. The van der Waals surface area contributed by atoms with E-state index in [0.717, 1.165) is 21.7 Å². The van der Waals surface area contributed by atoms with Crippen LogP contribution in [0.1, 0.15) is 45.2 Å². The number of hydrogen-bond donors (Lipinski definition) is 1. The Morgan fingerprint density at radius 1 is 0.871 bits per heavy atom. The molecule has 1 atom stereocenters. The van der Waals surface area contributed by atoms with Crippen LogP contribution in [0.15, 0.2) is 96.4 Å². The Kier molecular flexibility index (Phi) is 6.26. The monoisotopic (exact) mass is 428 g/mol. The normalized spacial score (nSPS) is 12.3. The highest BCUT2D eigenvalue weighted by molar-refractivity contribution is 7.09. The van der Waals surface area contributed by atoms with E-state index in [-0.39, 0.29) is 6.04 Å². The lowest BCUT2D eigenvalue weighted by Crippen LogP contribution is -2.45. The van der Waals surface area contributed by atoms with Gasteiger partial charge in [0.2, 0.25) is 0 Å². The molecule has 31 heavy (non-hydrogen) atoms. The Bertz CT molecular complexity index is 1030. The van der Waals surface area contributed by atoms with Crippen LogP contribution in [0.3, 0.4) is 0 Å². The second-order valence-electron chi connectivity index (χ2n) is 7.28. The number of ether oxygens (including phenoxy) is 1. The number of carbonyl (C=O) groups excluding carboxylic acids is 1. The van der Waals surface area contributed by atoms with E-state index in [2.05, 4.69) is 90.0 Å². The molecule has 4 rings (SSSR count). The number of rotatable bonds is 7. The van der Waals surface area contributed by atoms with Gasteiger partial charge < -0.3 is 4.74 Å². The van der Waals surface area contributed by atoms with E-state index in [1.807, 2.05) is 18.2 Å². The lowest BCUT2D eigenvalue weighted by Gasteiger charge is -2.39. The van der Waals surface area contributed by atoms with Gasteiger partial charge >= 0.3 is 5.97 Å². The summed E-state index contributed by atoms with van der Waals surface area (Å²) in [5.74, 6) is -0.421. The molecule has 0 amide bonds. The molecule has 0 aliphatic carbocycles. The summed E-state index contributed by atoms with van der Waals surface area (Å²) in [4.78, 5) is 16.4. The van der Waals surface area contributed by atoms with Gasteiger partial charge in [0.15, 0.2) is 5.69 Å². The zero-order valence-electron chi connectivity index (χ0n) is 17.5. The maximum atomic E-state index is 11.9. The summed E-state index contributed by atoms with van der Waals surface area (Å²) in [5, 5.41) is 6.43. The Labute approximate surface area is 186 Å². The molecule has 5 heteroatoms. The van der Waals surface area contributed by atoms with Crippen LogP contribution >= 0.6 is 11.3 Å². The van der Waals surface area contributed by atoms with Crippen LogP contribution < -0.4 is 5.32 Å². The van der Waals surface area contributed by atoms with Crippen molar-refractivity contribution < 1.29 is 9.53 Å². The number of nitrogens with zero attached hydrogens (tertiary/aromatic N) is 1. The minimum absolute atomic E-state index is 0.121. The fraction of sp³-hybridized carbons (Fsp3) is 0.154. The number of nitrogens with one attached hydrogen (secondary N) is 1. The first-order valence-electron chi connectivity index (χ1n) is 10.1. The quantitative estimate of drug-likeness (QED) is 0.309. The highest BCUT2D eigenvalue weighted by atomic mass is 32.1. The molecule has 0 aliphatic heterocycles. The molecule has 3 aromatic carbocycles. The van der Waals surface area contributed by atoms with Crippen LogP contribution in [0.2, 0.25) is 0 Å². The minimum Gasteiger partial charge on any atom is -0.464 e. The fourth-order valence-electron chi connectivity index (χ4n) is 3.89. The molecule has 4 aromatic rings. The number of benzene rings is 3. The van der Waals surface area contributed by atoms with Crippen molar-refractivity contribution in [1.29, 1.82) is 0 Å². The first kappa shape index (κ1) is 21.0. The van der Waals surface area contributed by atoms with Crippen molar-refractivity contribution in [3.63, 3.8) is 0 Å². The molecule has 0 unspecified atom stereocenters. The summed E-state index contributed by atoms with van der Waals surface area (Å²) < 4.78 is 4.82. The lowest BCUT2D eigenvalue weighted by atomic mass is 9.76. The van der Waals surface area contributed by atoms with E-state index < -0.39 is 11.5 Å². The van der Waals surface area contributed by atoms with Crippen LogP contribution in [0.4, 0.5) is 0 Å². The molecule has 156 valence electrons. The van der Waals surface area contributed by atoms with Crippen molar-refractivity contribution in [1.82, 2.24) is 10.3 Å². The van der Waals surface area contributed by atoms with E-state index in [0.29, 0.717) is 5.69 Å². The van der Waals surface area contributed by atoms with Gasteiger partial charge in [-0.25, -0.2) is 9.78 Å². The molecular formula is C26H24N2O2S. The van der Waals surface area contributed by atoms with Gasteiger partial charge in [0, 0.05) is 5.38 Å². The predicted molar refractivity (Wildman–Crippen MR) is 124 cm³/mol. The molecule has 0 spiro atoms. The van der Waals surface area contributed by atoms with Gasteiger partial charge in [-0.1, -0.05) is 91.0 Å². The highest BCUT2D eigenvalue weighted by Gasteiger charge is 2.38. The van der Waals surface area contributed by atoms with Crippen LogP contribution in [-0.2, 0) is 10.3 Å². The molecule has 1 N–H and O–H groups in total. The van der Waals surface area contributed by atoms with E-state index in [1.54, 1.807) is 5.38 Å². The highest BCUT2D eigenvalue weighted by Crippen LogP contribution is 2.39. The van der Waals surface area contributed by atoms with Crippen LogP contribution in [0, 0.1) is 0 Å². The molecular weight excluding hydrogens is 404 g/mol. The van der Waals surface area contributed by atoms with E-state index >= 15 is 0 Å². The van der Waals surface area contributed by atoms with Crippen molar-refractivity contribution in [3.05, 3.63) is 124 Å². The van der Waals surface area contributed by atoms with E-state index in [1.165, 1.54) is 18.4 Å². The number of methoxy groups -OCH3 is 1. The summed E-state index contributed by atoms with van der Waals surface area (Å²) in [5.41, 5.74) is 3.12. The van der Waals surface area contributed by atoms with Crippen LogP contribution in [-0.4, -0.2) is 18.1 Å². The molecule has 0 saturated heterocycles. The van der Waals surface area contributed by atoms with Gasteiger partial charge in [-0.15, -0.1) is 11.3 Å². The zero-order chi connectivity index (χ0) is 21.7. The number of hydrogen-bond acceptors (Lipinski definition) is 5. The molecule has 0 aliphatic rings. The van der Waals surface area contributed by atoms with Crippen molar-refractivity contribution in [2.75, 3.05) is 7.11 Å². The lowest BCUT2D eigenvalue weighted by molar-refractivity contribution is 0.0594. The first-order chi connectivity index (χ1) is 15.1. The van der Waals surface area contributed by atoms with Crippen LogP contribution in [0.5, 0.6) is 0 Å². The fourth-order valence-corrected chi connectivity index (χ4v) is 4.68. The van der Waals surface area contributed by atoms with Gasteiger partial charge in [-0.05, 0) is 23.6 Å². The SMILES string of the molecule is COC(=O)c1csc([C@H](C)NC(c2ccccc2)(c2ccccc2)c2ccccc2)n1. The Hall–Kier alpha value is -3.28. The second-order valence-corrected chi connectivity index (χ2v) is 8.17. The predicted octanol–water partition coefficient (Wildman–Crippen LogP) is 5.57. The largest absolute Gasteiger partial charge is 0.464 e. The molecule has 4 nitrogen and oxygen atoms in total. The summed E-state index contributed by atoms with van der Waals surface area (Å²) in [6.07, 6.45) is 0. The Balaban J connectivity index is 1.86. The summed E-state index contributed by atoms with van der Waals surface area (Å²) >= 11 is 1.45. The maximum absolute atomic E-state index is 11.9. The average molecular weight is 429 g/mol. The number of aromatic nitrogens is 1. The first-order valence-corrected chi connectivity index (χ1v) is 11.0. The van der Waals surface area contributed by atoms with Crippen molar-refractivity contribution >= 4 is 17.3 Å².